The lowest BCUT2D eigenvalue weighted by Gasteiger charge is -2.22. The van der Waals surface area contributed by atoms with Crippen LogP contribution in [0.1, 0.15) is 42.2 Å². The normalized spacial score (nSPS) is 24.7. The summed E-state index contributed by atoms with van der Waals surface area (Å²) in [5, 5.41) is 10.7. The van der Waals surface area contributed by atoms with Gasteiger partial charge in [0, 0.05) is 32.5 Å². The van der Waals surface area contributed by atoms with Crippen LogP contribution in [0, 0.1) is 0 Å². The Hall–Kier alpha value is -1.44. The first kappa shape index (κ1) is 16.4. The lowest BCUT2D eigenvalue weighted by Crippen LogP contribution is -2.32. The third-order valence-electron chi connectivity index (χ3n) is 4.33. The largest absolute Gasteiger partial charge is 0.379 e. The van der Waals surface area contributed by atoms with E-state index in [1.54, 1.807) is 6.07 Å². The zero-order valence-corrected chi connectivity index (χ0v) is 13.5. The van der Waals surface area contributed by atoms with Crippen molar-refractivity contribution in [1.29, 1.82) is 0 Å². The molecule has 2 atom stereocenters. The van der Waals surface area contributed by atoms with Crippen LogP contribution in [-0.2, 0) is 9.47 Å². The van der Waals surface area contributed by atoms with Gasteiger partial charge in [-0.2, -0.15) is 5.10 Å². The van der Waals surface area contributed by atoms with E-state index in [-0.39, 0.29) is 12.0 Å². The average Bonchev–Trinajstić information content (AvgIpc) is 3.27. The van der Waals surface area contributed by atoms with Crippen molar-refractivity contribution in [2.45, 2.75) is 37.8 Å². The van der Waals surface area contributed by atoms with Crippen molar-refractivity contribution in [2.75, 3.05) is 39.5 Å². The first-order chi connectivity index (χ1) is 11.3. The lowest BCUT2D eigenvalue weighted by atomic mass is 10.1. The fraction of sp³-hybridized carbons (Fsp3) is 0.750. The molecule has 7 heteroatoms. The van der Waals surface area contributed by atoms with Crippen LogP contribution in [0.3, 0.4) is 0 Å². The first-order valence-corrected chi connectivity index (χ1v) is 8.56. The summed E-state index contributed by atoms with van der Waals surface area (Å²) in [5.41, 5.74) is 0.487. The minimum absolute atomic E-state index is 0.114. The summed E-state index contributed by atoms with van der Waals surface area (Å²) in [6, 6.07) is 2.14. The minimum Gasteiger partial charge on any atom is -0.379 e. The smallest absolute Gasteiger partial charge is 0.271 e. The van der Waals surface area contributed by atoms with Crippen LogP contribution in [0.2, 0.25) is 0 Å². The molecule has 7 nitrogen and oxygen atoms in total. The number of amides is 1. The Kier molecular flexibility index (Phi) is 6.01. The molecular weight excluding hydrogens is 296 g/mol. The highest BCUT2D eigenvalue weighted by Gasteiger charge is 2.18. The van der Waals surface area contributed by atoms with Crippen molar-refractivity contribution in [3.63, 3.8) is 0 Å². The van der Waals surface area contributed by atoms with Gasteiger partial charge in [-0.15, -0.1) is 0 Å². The second kappa shape index (κ2) is 8.42. The monoisotopic (exact) mass is 322 g/mol. The van der Waals surface area contributed by atoms with Gasteiger partial charge in [-0.3, -0.25) is 9.48 Å². The SMILES string of the molecule is O=C(NCCCOC1CCOC1)c1ccn(C2CCCNC2)n1. The van der Waals surface area contributed by atoms with E-state index < -0.39 is 0 Å². The van der Waals surface area contributed by atoms with E-state index >= 15 is 0 Å². The van der Waals surface area contributed by atoms with Crippen molar-refractivity contribution in [3.05, 3.63) is 18.0 Å². The molecule has 0 radical (unpaired) electrons. The van der Waals surface area contributed by atoms with Gasteiger partial charge in [0.05, 0.1) is 18.8 Å². The molecule has 1 aromatic heterocycles. The van der Waals surface area contributed by atoms with Gasteiger partial charge in [0.25, 0.3) is 5.91 Å². The van der Waals surface area contributed by atoms with E-state index in [9.17, 15) is 4.79 Å². The van der Waals surface area contributed by atoms with Crippen LogP contribution in [0.25, 0.3) is 0 Å². The number of nitrogens with zero attached hydrogens (tertiary/aromatic N) is 2. The molecule has 2 aliphatic heterocycles. The van der Waals surface area contributed by atoms with E-state index in [1.165, 1.54) is 0 Å². The van der Waals surface area contributed by atoms with Gasteiger partial charge in [0.1, 0.15) is 5.69 Å². The van der Waals surface area contributed by atoms with E-state index in [0.717, 1.165) is 45.4 Å². The number of carbonyl (C=O) groups excluding carboxylic acids is 1. The van der Waals surface area contributed by atoms with Crippen molar-refractivity contribution in [3.8, 4) is 0 Å². The number of ether oxygens (including phenoxy) is 2. The maximum Gasteiger partial charge on any atom is 0.271 e. The molecule has 2 saturated heterocycles. The van der Waals surface area contributed by atoms with E-state index in [4.69, 9.17) is 9.47 Å². The molecule has 2 aliphatic rings. The van der Waals surface area contributed by atoms with Crippen molar-refractivity contribution < 1.29 is 14.3 Å². The Balaban J connectivity index is 1.35. The summed E-state index contributed by atoms with van der Waals surface area (Å²) >= 11 is 0. The van der Waals surface area contributed by atoms with Gasteiger partial charge in [-0.05, 0) is 38.3 Å². The number of hydrogen-bond acceptors (Lipinski definition) is 5. The molecule has 128 valence electrons. The van der Waals surface area contributed by atoms with Gasteiger partial charge in [0.15, 0.2) is 0 Å². The summed E-state index contributed by atoms with van der Waals surface area (Å²) in [5.74, 6) is -0.114. The van der Waals surface area contributed by atoms with Crippen molar-refractivity contribution in [2.24, 2.45) is 0 Å². The molecule has 23 heavy (non-hydrogen) atoms. The van der Waals surface area contributed by atoms with Gasteiger partial charge >= 0.3 is 0 Å². The Morgan fingerprint density at radius 1 is 1.52 bits per heavy atom. The van der Waals surface area contributed by atoms with Gasteiger partial charge in [0.2, 0.25) is 0 Å². The van der Waals surface area contributed by atoms with Crippen LogP contribution in [0.5, 0.6) is 0 Å². The quantitative estimate of drug-likeness (QED) is 0.724. The summed E-state index contributed by atoms with van der Waals surface area (Å²) in [4.78, 5) is 12.1. The molecule has 0 aromatic carbocycles. The standard InChI is InChI=1S/C16H26N4O3/c21-16(18-7-2-9-23-14-5-10-22-12-14)15-4-8-20(19-15)13-3-1-6-17-11-13/h4,8,13-14,17H,1-3,5-7,9-12H2,(H,18,21). The molecule has 3 heterocycles. The molecule has 3 rings (SSSR count). The molecule has 1 aromatic rings. The van der Waals surface area contributed by atoms with Crippen LogP contribution in [-0.4, -0.2) is 61.2 Å². The van der Waals surface area contributed by atoms with E-state index in [2.05, 4.69) is 15.7 Å². The maximum absolute atomic E-state index is 12.1. The average molecular weight is 322 g/mol. The molecule has 0 bridgehead atoms. The Morgan fingerprint density at radius 2 is 2.48 bits per heavy atom. The number of piperidine rings is 1. The molecule has 2 N–H and O–H groups in total. The predicted octanol–water partition coefficient (Wildman–Crippen LogP) is 0.733. The number of carbonyl (C=O) groups is 1. The molecule has 0 spiro atoms. The number of hydrogen-bond donors (Lipinski definition) is 2. The van der Waals surface area contributed by atoms with Crippen molar-refractivity contribution in [1.82, 2.24) is 20.4 Å². The number of aromatic nitrogens is 2. The van der Waals surface area contributed by atoms with Gasteiger partial charge in [-0.25, -0.2) is 0 Å². The fourth-order valence-corrected chi connectivity index (χ4v) is 2.98. The Labute approximate surface area is 136 Å². The van der Waals surface area contributed by atoms with Crippen molar-refractivity contribution >= 4 is 5.91 Å². The molecule has 2 unspecified atom stereocenters. The zero-order chi connectivity index (χ0) is 15.9. The summed E-state index contributed by atoms with van der Waals surface area (Å²) < 4.78 is 12.8. The summed E-state index contributed by atoms with van der Waals surface area (Å²) in [7, 11) is 0. The van der Waals surface area contributed by atoms with Gasteiger partial charge < -0.3 is 20.1 Å². The second-order valence-corrected chi connectivity index (χ2v) is 6.15. The van der Waals surface area contributed by atoms with Crippen LogP contribution >= 0.6 is 0 Å². The van der Waals surface area contributed by atoms with Crippen LogP contribution < -0.4 is 10.6 Å². The predicted molar refractivity (Wildman–Crippen MR) is 85.5 cm³/mol. The second-order valence-electron chi connectivity index (χ2n) is 6.15. The molecule has 0 saturated carbocycles. The highest BCUT2D eigenvalue weighted by Crippen LogP contribution is 2.15. The van der Waals surface area contributed by atoms with Crippen LogP contribution in [0.4, 0.5) is 0 Å². The fourth-order valence-electron chi connectivity index (χ4n) is 2.98. The number of rotatable bonds is 7. The number of nitrogens with one attached hydrogen (secondary N) is 2. The topological polar surface area (TPSA) is 77.4 Å². The Bertz CT molecular complexity index is 493. The first-order valence-electron chi connectivity index (χ1n) is 8.56. The third-order valence-corrected chi connectivity index (χ3v) is 4.33. The molecular formula is C16H26N4O3. The molecule has 1 amide bonds. The highest BCUT2D eigenvalue weighted by atomic mass is 16.5. The Morgan fingerprint density at radius 3 is 3.26 bits per heavy atom. The van der Waals surface area contributed by atoms with Crippen LogP contribution in [0.15, 0.2) is 12.3 Å². The third kappa shape index (κ3) is 4.76. The zero-order valence-electron chi connectivity index (χ0n) is 13.5. The summed E-state index contributed by atoms with van der Waals surface area (Å²) in [6.45, 7) is 4.73. The lowest BCUT2D eigenvalue weighted by molar-refractivity contribution is 0.0415. The highest BCUT2D eigenvalue weighted by molar-refractivity contribution is 5.92. The van der Waals surface area contributed by atoms with E-state index in [1.807, 2.05) is 10.9 Å². The van der Waals surface area contributed by atoms with Gasteiger partial charge in [-0.1, -0.05) is 0 Å². The van der Waals surface area contributed by atoms with E-state index in [0.29, 0.717) is 31.5 Å². The molecule has 2 fully saturated rings. The summed E-state index contributed by atoms with van der Waals surface area (Å²) in [6.07, 6.45) is 6.16. The maximum atomic E-state index is 12.1. The minimum atomic E-state index is -0.114. The molecule has 0 aliphatic carbocycles.